The molecule has 110 valence electrons. The van der Waals surface area contributed by atoms with Gasteiger partial charge in [0, 0.05) is 18.2 Å². The van der Waals surface area contributed by atoms with Gasteiger partial charge in [-0.05, 0) is 15.9 Å². The minimum absolute atomic E-state index is 0.0324. The predicted molar refractivity (Wildman–Crippen MR) is 68.5 cm³/mol. The second-order valence-corrected chi connectivity index (χ2v) is 4.62. The van der Waals surface area contributed by atoms with Crippen LogP contribution in [0.15, 0.2) is 27.2 Å². The number of ether oxygens (including phenoxy) is 1. The van der Waals surface area contributed by atoms with E-state index in [1.165, 1.54) is 0 Å². The second kappa shape index (κ2) is 5.87. The van der Waals surface area contributed by atoms with Crippen LogP contribution < -0.4 is 4.74 Å². The number of rotatable bonds is 5. The quantitative estimate of drug-likeness (QED) is 0.643. The van der Waals surface area contributed by atoms with E-state index in [0.717, 1.165) is 18.2 Å². The maximum Gasteiger partial charge on any atom is 0.358 e. The van der Waals surface area contributed by atoms with E-state index in [-0.39, 0.29) is 28.3 Å². The van der Waals surface area contributed by atoms with Crippen molar-refractivity contribution in [3.8, 4) is 5.75 Å². The van der Waals surface area contributed by atoms with Crippen molar-refractivity contribution in [2.75, 3.05) is 0 Å². The zero-order valence-corrected chi connectivity index (χ0v) is 11.7. The number of nitrogens with zero attached hydrogens (tertiary/aromatic N) is 2. The van der Waals surface area contributed by atoms with Gasteiger partial charge >= 0.3 is 11.7 Å². The summed E-state index contributed by atoms with van der Waals surface area (Å²) >= 11 is 2.84. The molecule has 8 nitrogen and oxygen atoms in total. The number of carboxylic acids is 1. The van der Waals surface area contributed by atoms with Crippen molar-refractivity contribution in [2.45, 2.75) is 6.61 Å². The van der Waals surface area contributed by atoms with Gasteiger partial charge in [0.05, 0.1) is 9.40 Å². The minimum atomic E-state index is -1.29. The van der Waals surface area contributed by atoms with E-state index in [1.807, 2.05) is 0 Å². The highest BCUT2D eigenvalue weighted by atomic mass is 79.9. The Morgan fingerprint density at radius 2 is 2.24 bits per heavy atom. The van der Waals surface area contributed by atoms with Crippen LogP contribution in [-0.4, -0.2) is 21.2 Å². The molecule has 1 aromatic heterocycles. The number of carboxylic acid groups (broad SMARTS) is 1. The minimum Gasteiger partial charge on any atom is -0.478 e. The molecular formula is C11H6BrFN2O6. The van der Waals surface area contributed by atoms with Gasteiger partial charge in [0.25, 0.3) is 0 Å². The number of aromatic carboxylic acids is 1. The van der Waals surface area contributed by atoms with Gasteiger partial charge in [-0.25, -0.2) is 9.18 Å². The first-order chi connectivity index (χ1) is 9.88. The predicted octanol–water partition coefficient (Wildman–Crippen LogP) is 2.76. The number of hydrogen-bond acceptors (Lipinski definition) is 6. The van der Waals surface area contributed by atoms with Crippen LogP contribution >= 0.6 is 15.9 Å². The molecule has 1 aromatic carbocycles. The highest BCUT2D eigenvalue weighted by Gasteiger charge is 2.20. The lowest BCUT2D eigenvalue weighted by atomic mass is 10.3. The van der Waals surface area contributed by atoms with Crippen LogP contribution in [0.5, 0.6) is 5.75 Å². The van der Waals surface area contributed by atoms with E-state index in [1.54, 1.807) is 0 Å². The summed E-state index contributed by atoms with van der Waals surface area (Å²) in [7, 11) is 0. The van der Waals surface area contributed by atoms with E-state index < -0.39 is 22.4 Å². The lowest BCUT2D eigenvalue weighted by Gasteiger charge is -2.05. The summed E-state index contributed by atoms with van der Waals surface area (Å²) in [5.41, 5.74) is -0.772. The maximum absolute atomic E-state index is 13.4. The van der Waals surface area contributed by atoms with Crippen LogP contribution in [0.1, 0.15) is 16.2 Å². The van der Waals surface area contributed by atoms with Crippen molar-refractivity contribution in [2.24, 2.45) is 0 Å². The van der Waals surface area contributed by atoms with E-state index in [2.05, 4.69) is 25.6 Å². The molecular weight excluding hydrogens is 355 g/mol. The van der Waals surface area contributed by atoms with Crippen LogP contribution in [0, 0.1) is 15.9 Å². The number of nitro groups is 1. The number of benzene rings is 1. The normalized spacial score (nSPS) is 10.4. The molecule has 0 atom stereocenters. The highest BCUT2D eigenvalue weighted by molar-refractivity contribution is 9.10. The lowest BCUT2D eigenvalue weighted by Crippen LogP contribution is -2.00. The first kappa shape index (κ1) is 14.9. The van der Waals surface area contributed by atoms with Crippen LogP contribution in [0.4, 0.5) is 10.1 Å². The third-order valence-corrected chi connectivity index (χ3v) is 2.95. The SMILES string of the molecule is O=C(O)c1cc(COc2cc(F)c(Br)cc2[N+](=O)[O-])on1. The topological polar surface area (TPSA) is 116 Å². The summed E-state index contributed by atoms with van der Waals surface area (Å²) in [5.74, 6) is -2.30. The van der Waals surface area contributed by atoms with Crippen molar-refractivity contribution in [3.05, 3.63) is 50.1 Å². The highest BCUT2D eigenvalue weighted by Crippen LogP contribution is 2.33. The van der Waals surface area contributed by atoms with Crippen molar-refractivity contribution in [1.82, 2.24) is 5.16 Å². The van der Waals surface area contributed by atoms with Crippen molar-refractivity contribution >= 4 is 27.6 Å². The van der Waals surface area contributed by atoms with Gasteiger partial charge in [-0.15, -0.1) is 0 Å². The second-order valence-electron chi connectivity index (χ2n) is 3.76. The van der Waals surface area contributed by atoms with Crippen LogP contribution in [-0.2, 0) is 6.61 Å². The van der Waals surface area contributed by atoms with Crippen molar-refractivity contribution in [3.63, 3.8) is 0 Å². The number of nitro benzene ring substituents is 1. The number of aromatic nitrogens is 1. The Labute approximate surface area is 124 Å². The number of carbonyl (C=O) groups is 1. The van der Waals surface area contributed by atoms with Gasteiger partial charge in [-0.2, -0.15) is 0 Å². The molecule has 0 bridgehead atoms. The molecule has 0 radical (unpaired) electrons. The van der Waals surface area contributed by atoms with Gasteiger partial charge in [-0.1, -0.05) is 5.16 Å². The summed E-state index contributed by atoms with van der Waals surface area (Å²) in [6.07, 6.45) is 0. The standard InChI is InChI=1S/C11H6BrFN2O6/c12-6-2-9(15(18)19)10(3-7(6)13)20-4-5-1-8(11(16)17)14-21-5/h1-3H,4H2,(H,16,17). The Balaban J connectivity index is 2.20. The summed E-state index contributed by atoms with van der Waals surface area (Å²) in [6, 6.07) is 2.91. The molecule has 0 fully saturated rings. The number of hydrogen-bond donors (Lipinski definition) is 1. The fourth-order valence-corrected chi connectivity index (χ4v) is 1.74. The average Bonchev–Trinajstić information content (AvgIpc) is 2.88. The monoisotopic (exact) mass is 360 g/mol. The van der Waals surface area contributed by atoms with E-state index >= 15 is 0 Å². The Morgan fingerprint density at radius 3 is 2.81 bits per heavy atom. The zero-order valence-electron chi connectivity index (χ0n) is 10.1. The maximum atomic E-state index is 13.4. The fourth-order valence-electron chi connectivity index (χ4n) is 1.41. The Bertz CT molecular complexity index is 717. The van der Waals surface area contributed by atoms with E-state index in [4.69, 9.17) is 9.84 Å². The van der Waals surface area contributed by atoms with E-state index in [0.29, 0.717) is 0 Å². The largest absolute Gasteiger partial charge is 0.478 e. The van der Waals surface area contributed by atoms with Gasteiger partial charge < -0.3 is 14.4 Å². The zero-order chi connectivity index (χ0) is 15.6. The molecule has 21 heavy (non-hydrogen) atoms. The Hall–Kier alpha value is -2.49. The summed E-state index contributed by atoms with van der Waals surface area (Å²) in [5, 5.41) is 22.8. The van der Waals surface area contributed by atoms with Gasteiger partial charge in [0.1, 0.15) is 12.4 Å². The molecule has 0 spiro atoms. The molecule has 0 aliphatic rings. The summed E-state index contributed by atoms with van der Waals surface area (Å²) in [4.78, 5) is 20.7. The van der Waals surface area contributed by atoms with Crippen LogP contribution in [0.2, 0.25) is 0 Å². The Kier molecular flexibility index (Phi) is 4.17. The van der Waals surface area contributed by atoms with Gasteiger partial charge in [-0.3, -0.25) is 10.1 Å². The number of halogens is 2. The molecule has 0 aliphatic carbocycles. The molecule has 1 heterocycles. The molecule has 1 N–H and O–H groups in total. The third kappa shape index (κ3) is 3.34. The summed E-state index contributed by atoms with van der Waals surface area (Å²) < 4.78 is 23.1. The third-order valence-electron chi connectivity index (χ3n) is 2.35. The first-order valence-corrected chi connectivity index (χ1v) is 6.13. The van der Waals surface area contributed by atoms with Gasteiger partial charge in [0.15, 0.2) is 11.5 Å². The Morgan fingerprint density at radius 1 is 1.52 bits per heavy atom. The molecule has 10 heteroatoms. The van der Waals surface area contributed by atoms with Crippen LogP contribution in [0.3, 0.4) is 0 Å². The molecule has 0 saturated carbocycles. The molecule has 0 amide bonds. The fraction of sp³-hybridized carbons (Fsp3) is 0.0909. The first-order valence-electron chi connectivity index (χ1n) is 5.33. The molecule has 0 aliphatic heterocycles. The van der Waals surface area contributed by atoms with E-state index in [9.17, 15) is 19.3 Å². The van der Waals surface area contributed by atoms with Gasteiger partial charge in [0.2, 0.25) is 5.75 Å². The molecule has 2 aromatic rings. The average molecular weight is 361 g/mol. The molecule has 0 saturated heterocycles. The molecule has 0 unspecified atom stereocenters. The summed E-state index contributed by atoms with van der Waals surface area (Å²) in [6.45, 7) is -0.331. The lowest BCUT2D eigenvalue weighted by molar-refractivity contribution is -0.386. The van der Waals surface area contributed by atoms with Crippen molar-refractivity contribution in [1.29, 1.82) is 0 Å². The molecule has 2 rings (SSSR count). The van der Waals surface area contributed by atoms with Crippen LogP contribution in [0.25, 0.3) is 0 Å². The van der Waals surface area contributed by atoms with Crippen molar-refractivity contribution < 1.29 is 28.5 Å². The smallest absolute Gasteiger partial charge is 0.358 e.